The lowest BCUT2D eigenvalue weighted by Crippen LogP contribution is -2.17. The van der Waals surface area contributed by atoms with Crippen LogP contribution in [0.3, 0.4) is 0 Å². The van der Waals surface area contributed by atoms with Gasteiger partial charge in [0.2, 0.25) is 0 Å². The van der Waals surface area contributed by atoms with E-state index in [9.17, 15) is 0 Å². The van der Waals surface area contributed by atoms with Gasteiger partial charge in [0, 0.05) is 7.11 Å². The van der Waals surface area contributed by atoms with Crippen LogP contribution in [0.2, 0.25) is 0 Å². The van der Waals surface area contributed by atoms with Gasteiger partial charge in [-0.1, -0.05) is 77.8 Å². The number of aliphatic hydroxyl groups is 1. The summed E-state index contributed by atoms with van der Waals surface area (Å²) in [6.45, 7) is 10.9. The van der Waals surface area contributed by atoms with E-state index in [-0.39, 0.29) is 0 Å². The average molecular weight is 238 g/mol. The highest BCUT2D eigenvalue weighted by molar-refractivity contribution is 5.16. The number of hydrogen-bond donors (Lipinski definition) is 1. The average Bonchev–Trinajstić information content (AvgIpc) is 2.44. The Kier molecular flexibility index (Phi) is 12.7. The zero-order chi connectivity index (χ0) is 13.7. The fourth-order valence-electron chi connectivity index (χ4n) is 1.59. The number of rotatable bonds is 4. The van der Waals surface area contributed by atoms with E-state index in [1.165, 1.54) is 24.8 Å². The predicted octanol–water partition coefficient (Wildman–Crippen LogP) is 4.69. The van der Waals surface area contributed by atoms with Gasteiger partial charge in [0.15, 0.2) is 0 Å². The van der Waals surface area contributed by atoms with Crippen LogP contribution in [0.1, 0.15) is 53.0 Å². The molecule has 0 aliphatic rings. The van der Waals surface area contributed by atoms with Crippen LogP contribution in [-0.2, 0) is 6.42 Å². The van der Waals surface area contributed by atoms with Gasteiger partial charge >= 0.3 is 0 Å². The first-order valence-electron chi connectivity index (χ1n) is 6.69. The summed E-state index contributed by atoms with van der Waals surface area (Å²) >= 11 is 0. The third-order valence-electron chi connectivity index (χ3n) is 3.18. The molecule has 0 saturated carbocycles. The van der Waals surface area contributed by atoms with E-state index < -0.39 is 0 Å². The normalized spacial score (nSPS) is 9.59. The number of aliphatic hydroxyl groups excluding tert-OH is 1. The maximum atomic E-state index is 7.00. The van der Waals surface area contributed by atoms with Gasteiger partial charge < -0.3 is 5.11 Å². The standard InChI is InChI=1S/C13H20.C2H6.CH4O/c1-4-13(3,5-2)11-12-9-7-6-8-10-12;2*1-2/h6-10H,4-5,11H2,1-3H3;1-2H3;2H,1H3. The number of benzene rings is 1. The first-order valence-corrected chi connectivity index (χ1v) is 6.69. The highest BCUT2D eigenvalue weighted by atomic mass is 16.2. The first kappa shape index (κ1) is 18.5. The van der Waals surface area contributed by atoms with Crippen LogP contribution in [0, 0.1) is 5.41 Å². The van der Waals surface area contributed by atoms with Gasteiger partial charge in [-0.3, -0.25) is 0 Å². The largest absolute Gasteiger partial charge is 0.400 e. The molecule has 0 saturated heterocycles. The molecule has 0 aliphatic heterocycles. The molecule has 0 fully saturated rings. The molecule has 0 unspecified atom stereocenters. The summed E-state index contributed by atoms with van der Waals surface area (Å²) in [5.41, 5.74) is 1.95. The second-order valence-electron chi connectivity index (χ2n) is 4.18. The van der Waals surface area contributed by atoms with Crippen molar-refractivity contribution < 1.29 is 5.11 Å². The van der Waals surface area contributed by atoms with Crippen molar-refractivity contribution in [3.05, 3.63) is 35.9 Å². The quantitative estimate of drug-likeness (QED) is 0.806. The Hall–Kier alpha value is -0.820. The Morgan fingerprint density at radius 2 is 1.35 bits per heavy atom. The molecule has 0 amide bonds. The molecule has 1 rings (SSSR count). The molecule has 0 radical (unpaired) electrons. The Balaban J connectivity index is 0. The second-order valence-corrected chi connectivity index (χ2v) is 4.18. The summed E-state index contributed by atoms with van der Waals surface area (Å²) in [6.07, 6.45) is 3.73. The molecule has 0 bridgehead atoms. The van der Waals surface area contributed by atoms with E-state index in [2.05, 4.69) is 51.1 Å². The van der Waals surface area contributed by atoms with Gasteiger partial charge in [-0.05, 0) is 17.4 Å². The van der Waals surface area contributed by atoms with Crippen LogP contribution in [0.15, 0.2) is 30.3 Å². The van der Waals surface area contributed by atoms with Crippen LogP contribution in [-0.4, -0.2) is 12.2 Å². The molecule has 1 heteroatoms. The lowest BCUT2D eigenvalue weighted by Gasteiger charge is -2.26. The molecule has 1 aromatic carbocycles. The minimum absolute atomic E-state index is 0.487. The number of hydrogen-bond acceptors (Lipinski definition) is 1. The lowest BCUT2D eigenvalue weighted by molar-refractivity contribution is 0.296. The minimum atomic E-state index is 0.487. The summed E-state index contributed by atoms with van der Waals surface area (Å²) in [6, 6.07) is 10.8. The van der Waals surface area contributed by atoms with Gasteiger partial charge in [0.05, 0.1) is 0 Å². The lowest BCUT2D eigenvalue weighted by atomic mass is 9.79. The Bertz CT molecular complexity index is 237. The highest BCUT2D eigenvalue weighted by Gasteiger charge is 2.19. The molecule has 17 heavy (non-hydrogen) atoms. The maximum Gasteiger partial charge on any atom is 0.0319 e. The van der Waals surface area contributed by atoms with Gasteiger partial charge in [-0.2, -0.15) is 0 Å². The van der Waals surface area contributed by atoms with E-state index in [4.69, 9.17) is 5.11 Å². The van der Waals surface area contributed by atoms with Crippen molar-refractivity contribution in [3.8, 4) is 0 Å². The summed E-state index contributed by atoms with van der Waals surface area (Å²) in [5.74, 6) is 0. The van der Waals surface area contributed by atoms with Crippen molar-refractivity contribution in [3.63, 3.8) is 0 Å². The van der Waals surface area contributed by atoms with E-state index in [1.54, 1.807) is 0 Å². The topological polar surface area (TPSA) is 20.2 Å². The Morgan fingerprint density at radius 3 is 1.71 bits per heavy atom. The van der Waals surface area contributed by atoms with Crippen molar-refractivity contribution in [1.29, 1.82) is 0 Å². The van der Waals surface area contributed by atoms with E-state index in [0.717, 1.165) is 7.11 Å². The zero-order valence-corrected chi connectivity index (χ0v) is 12.5. The Morgan fingerprint density at radius 1 is 0.941 bits per heavy atom. The SMILES string of the molecule is CC.CCC(C)(CC)Cc1ccccc1.CO. The van der Waals surface area contributed by atoms with Crippen molar-refractivity contribution in [2.45, 2.75) is 53.9 Å². The fraction of sp³-hybridized carbons (Fsp3) is 0.625. The van der Waals surface area contributed by atoms with Crippen LogP contribution < -0.4 is 0 Å². The van der Waals surface area contributed by atoms with Crippen LogP contribution in [0.4, 0.5) is 0 Å². The van der Waals surface area contributed by atoms with E-state index in [0.29, 0.717) is 5.41 Å². The van der Waals surface area contributed by atoms with Crippen LogP contribution in [0.25, 0.3) is 0 Å². The van der Waals surface area contributed by atoms with Crippen molar-refractivity contribution in [2.75, 3.05) is 7.11 Å². The molecule has 1 nitrogen and oxygen atoms in total. The monoisotopic (exact) mass is 238 g/mol. The summed E-state index contributed by atoms with van der Waals surface area (Å²) in [5, 5.41) is 7.00. The summed E-state index contributed by atoms with van der Waals surface area (Å²) in [4.78, 5) is 0. The van der Waals surface area contributed by atoms with Gasteiger partial charge in [-0.15, -0.1) is 0 Å². The third kappa shape index (κ3) is 7.98. The predicted molar refractivity (Wildman–Crippen MR) is 78.3 cm³/mol. The van der Waals surface area contributed by atoms with Gasteiger partial charge in [-0.25, -0.2) is 0 Å². The fourth-order valence-corrected chi connectivity index (χ4v) is 1.59. The maximum absolute atomic E-state index is 7.00. The van der Waals surface area contributed by atoms with Crippen molar-refractivity contribution in [2.24, 2.45) is 5.41 Å². The minimum Gasteiger partial charge on any atom is -0.400 e. The van der Waals surface area contributed by atoms with E-state index >= 15 is 0 Å². The molecular formula is C16H30O. The van der Waals surface area contributed by atoms with Crippen LogP contribution in [0.5, 0.6) is 0 Å². The molecule has 0 heterocycles. The van der Waals surface area contributed by atoms with Gasteiger partial charge in [0.1, 0.15) is 0 Å². The Labute approximate surface area is 108 Å². The second kappa shape index (κ2) is 11.7. The summed E-state index contributed by atoms with van der Waals surface area (Å²) < 4.78 is 0. The molecule has 0 spiro atoms. The van der Waals surface area contributed by atoms with Gasteiger partial charge in [0.25, 0.3) is 0 Å². The first-order chi connectivity index (χ1) is 8.20. The molecule has 1 N–H and O–H groups in total. The molecular weight excluding hydrogens is 208 g/mol. The zero-order valence-electron chi connectivity index (χ0n) is 12.5. The van der Waals surface area contributed by atoms with Crippen molar-refractivity contribution in [1.82, 2.24) is 0 Å². The molecule has 0 atom stereocenters. The smallest absolute Gasteiger partial charge is 0.0319 e. The van der Waals surface area contributed by atoms with Crippen molar-refractivity contribution >= 4 is 0 Å². The molecule has 100 valence electrons. The summed E-state index contributed by atoms with van der Waals surface area (Å²) in [7, 11) is 1.00. The van der Waals surface area contributed by atoms with Crippen LogP contribution >= 0.6 is 0 Å². The van der Waals surface area contributed by atoms with E-state index in [1.807, 2.05) is 13.8 Å². The third-order valence-corrected chi connectivity index (χ3v) is 3.18. The molecule has 0 aromatic heterocycles. The highest BCUT2D eigenvalue weighted by Crippen LogP contribution is 2.29. The molecule has 0 aliphatic carbocycles. The molecule has 1 aromatic rings.